The fraction of sp³-hybridized carbons (Fsp3) is 0.278. The number of hydrogen-bond acceptors (Lipinski definition) is 1. The Morgan fingerprint density at radius 3 is 2.41 bits per heavy atom. The van der Waals surface area contributed by atoms with E-state index >= 15 is 0 Å². The molecule has 4 heteroatoms. The van der Waals surface area contributed by atoms with Gasteiger partial charge < -0.3 is 5.32 Å². The number of hydrogen-bond donors (Lipinski definition) is 1. The first-order valence-corrected chi connectivity index (χ1v) is 8.14. The Bertz CT molecular complexity index is 694. The Balaban J connectivity index is 1.77. The lowest BCUT2D eigenvalue weighted by atomic mass is 9.89. The minimum atomic E-state index is -0.485. The van der Waals surface area contributed by atoms with Crippen molar-refractivity contribution in [2.45, 2.75) is 31.2 Å². The molecule has 1 unspecified atom stereocenters. The predicted octanol–water partition coefficient (Wildman–Crippen LogP) is 4.44. The third-order valence-corrected chi connectivity index (χ3v) is 5.03. The van der Waals surface area contributed by atoms with Crippen LogP contribution in [0.25, 0.3) is 0 Å². The summed E-state index contributed by atoms with van der Waals surface area (Å²) in [6.07, 6.45) is 2.07. The molecule has 0 spiro atoms. The van der Waals surface area contributed by atoms with Gasteiger partial charge in [0.05, 0.1) is 5.56 Å². The number of carbonyl (C=O) groups excluding carboxylic acids is 1. The van der Waals surface area contributed by atoms with E-state index in [1.807, 2.05) is 19.1 Å². The molecule has 0 aliphatic heterocycles. The van der Waals surface area contributed by atoms with Crippen LogP contribution in [0.5, 0.6) is 0 Å². The van der Waals surface area contributed by atoms with Crippen molar-refractivity contribution >= 4 is 21.8 Å². The minimum absolute atomic E-state index is 0.0262. The van der Waals surface area contributed by atoms with Gasteiger partial charge in [0.25, 0.3) is 5.91 Å². The third kappa shape index (κ3) is 2.80. The quantitative estimate of drug-likeness (QED) is 0.856. The van der Waals surface area contributed by atoms with Gasteiger partial charge in [0.2, 0.25) is 0 Å². The molecule has 1 saturated carbocycles. The highest BCUT2D eigenvalue weighted by atomic mass is 79.9. The maximum Gasteiger partial charge on any atom is 0.254 e. The van der Waals surface area contributed by atoms with Crippen LogP contribution in [0, 0.1) is 5.82 Å². The van der Waals surface area contributed by atoms with Crippen LogP contribution in [-0.4, -0.2) is 11.9 Å². The molecule has 1 N–H and O–H groups in total. The molecule has 1 fully saturated rings. The van der Waals surface area contributed by atoms with Crippen molar-refractivity contribution in [3.05, 3.63) is 69.9 Å². The lowest BCUT2D eigenvalue weighted by Crippen LogP contribution is -2.41. The highest BCUT2D eigenvalue weighted by molar-refractivity contribution is 9.10. The molecule has 1 atom stereocenters. The molecule has 2 aromatic carbocycles. The van der Waals surface area contributed by atoms with Crippen LogP contribution in [0.1, 0.15) is 35.7 Å². The van der Waals surface area contributed by atoms with E-state index in [1.165, 1.54) is 17.7 Å². The fourth-order valence-electron chi connectivity index (χ4n) is 2.95. The first-order chi connectivity index (χ1) is 10.5. The zero-order valence-electron chi connectivity index (χ0n) is 12.3. The molecule has 0 heterocycles. The van der Waals surface area contributed by atoms with Gasteiger partial charge in [-0.05, 0) is 49.6 Å². The highest BCUT2D eigenvalue weighted by Crippen LogP contribution is 2.51. The van der Waals surface area contributed by atoms with E-state index in [0.717, 1.165) is 17.3 Å². The Morgan fingerprint density at radius 2 is 1.82 bits per heavy atom. The van der Waals surface area contributed by atoms with E-state index in [1.54, 1.807) is 12.1 Å². The third-order valence-electron chi connectivity index (χ3n) is 4.50. The molecule has 22 heavy (non-hydrogen) atoms. The molecule has 0 aromatic heterocycles. The van der Waals surface area contributed by atoms with Crippen LogP contribution < -0.4 is 5.32 Å². The largest absolute Gasteiger partial charge is 0.349 e. The van der Waals surface area contributed by atoms with E-state index < -0.39 is 5.82 Å². The van der Waals surface area contributed by atoms with Crippen molar-refractivity contribution in [1.82, 2.24) is 5.32 Å². The van der Waals surface area contributed by atoms with Gasteiger partial charge in [-0.25, -0.2) is 4.39 Å². The van der Waals surface area contributed by atoms with Gasteiger partial charge in [0.15, 0.2) is 0 Å². The van der Waals surface area contributed by atoms with Gasteiger partial charge in [-0.3, -0.25) is 4.79 Å². The zero-order chi connectivity index (χ0) is 15.7. The second-order valence-electron chi connectivity index (χ2n) is 5.84. The van der Waals surface area contributed by atoms with Gasteiger partial charge in [0, 0.05) is 15.9 Å². The zero-order valence-corrected chi connectivity index (χ0v) is 13.9. The topological polar surface area (TPSA) is 29.1 Å². The molecule has 0 radical (unpaired) electrons. The number of carbonyl (C=O) groups is 1. The van der Waals surface area contributed by atoms with E-state index in [2.05, 4.69) is 33.4 Å². The number of amides is 1. The lowest BCUT2D eigenvalue weighted by molar-refractivity contribution is 0.0928. The van der Waals surface area contributed by atoms with Crippen LogP contribution in [0.2, 0.25) is 0 Å². The summed E-state index contributed by atoms with van der Waals surface area (Å²) in [7, 11) is 0. The molecule has 0 bridgehead atoms. The summed E-state index contributed by atoms with van der Waals surface area (Å²) in [5, 5.41) is 2.96. The second-order valence-corrected chi connectivity index (χ2v) is 6.75. The van der Waals surface area contributed by atoms with E-state index in [-0.39, 0.29) is 22.9 Å². The van der Waals surface area contributed by atoms with Crippen molar-refractivity contribution in [2.24, 2.45) is 0 Å². The normalized spacial score (nSPS) is 16.9. The standard InChI is InChI=1S/C18H17BrFNO/c1-12(21-17(22)15-4-2-3-5-16(15)20)18(10-11-18)13-6-8-14(19)9-7-13/h2-9,12H,10-11H2,1H3,(H,21,22). The van der Waals surface area contributed by atoms with Crippen LogP contribution in [0.15, 0.2) is 53.0 Å². The molecule has 1 aliphatic rings. The van der Waals surface area contributed by atoms with Crippen molar-refractivity contribution < 1.29 is 9.18 Å². The highest BCUT2D eigenvalue weighted by Gasteiger charge is 2.49. The van der Waals surface area contributed by atoms with Crippen LogP contribution in [0.4, 0.5) is 4.39 Å². The molecule has 1 amide bonds. The van der Waals surface area contributed by atoms with E-state index in [0.29, 0.717) is 0 Å². The number of halogens is 2. The van der Waals surface area contributed by atoms with E-state index in [9.17, 15) is 9.18 Å². The molecule has 3 rings (SSSR count). The van der Waals surface area contributed by atoms with Crippen LogP contribution >= 0.6 is 15.9 Å². The smallest absolute Gasteiger partial charge is 0.254 e. The summed E-state index contributed by atoms with van der Waals surface area (Å²) in [6.45, 7) is 1.99. The first kappa shape index (κ1) is 15.2. The fourth-order valence-corrected chi connectivity index (χ4v) is 3.21. The molecular weight excluding hydrogens is 345 g/mol. The molecule has 2 nitrogen and oxygen atoms in total. The maximum atomic E-state index is 13.7. The summed E-state index contributed by atoms with van der Waals surface area (Å²) < 4.78 is 14.7. The minimum Gasteiger partial charge on any atom is -0.349 e. The maximum absolute atomic E-state index is 13.7. The van der Waals surface area contributed by atoms with Gasteiger partial charge in [-0.15, -0.1) is 0 Å². The van der Waals surface area contributed by atoms with Crippen LogP contribution in [-0.2, 0) is 5.41 Å². The lowest BCUT2D eigenvalue weighted by Gasteiger charge is -2.25. The number of benzene rings is 2. The Kier molecular flexibility index (Phi) is 4.04. The molecular formula is C18H17BrFNO. The second kappa shape index (κ2) is 5.84. The molecule has 114 valence electrons. The molecule has 1 aliphatic carbocycles. The summed E-state index contributed by atoms with van der Waals surface area (Å²) in [6, 6.07) is 14.2. The molecule has 2 aromatic rings. The van der Waals surface area contributed by atoms with Crippen LogP contribution in [0.3, 0.4) is 0 Å². The number of nitrogens with one attached hydrogen (secondary N) is 1. The Labute approximate surface area is 137 Å². The summed E-state index contributed by atoms with van der Waals surface area (Å²) >= 11 is 3.44. The van der Waals surface area contributed by atoms with Crippen molar-refractivity contribution in [1.29, 1.82) is 0 Å². The predicted molar refractivity (Wildman–Crippen MR) is 88.4 cm³/mol. The molecule has 0 saturated heterocycles. The monoisotopic (exact) mass is 361 g/mol. The van der Waals surface area contributed by atoms with Gasteiger partial charge in [-0.2, -0.15) is 0 Å². The van der Waals surface area contributed by atoms with Crippen molar-refractivity contribution in [3.63, 3.8) is 0 Å². The van der Waals surface area contributed by atoms with Gasteiger partial charge in [-0.1, -0.05) is 40.2 Å². The SMILES string of the molecule is CC(NC(=O)c1ccccc1F)C1(c2ccc(Br)cc2)CC1. The first-order valence-electron chi connectivity index (χ1n) is 7.34. The van der Waals surface area contributed by atoms with Crippen molar-refractivity contribution in [2.75, 3.05) is 0 Å². The Hall–Kier alpha value is -1.68. The average Bonchev–Trinajstić information content (AvgIpc) is 3.30. The van der Waals surface area contributed by atoms with Crippen molar-refractivity contribution in [3.8, 4) is 0 Å². The summed E-state index contributed by atoms with van der Waals surface area (Å²) in [5.74, 6) is -0.838. The number of rotatable bonds is 4. The van der Waals surface area contributed by atoms with Gasteiger partial charge in [0.1, 0.15) is 5.82 Å². The summed E-state index contributed by atoms with van der Waals surface area (Å²) in [5.41, 5.74) is 1.29. The summed E-state index contributed by atoms with van der Waals surface area (Å²) in [4.78, 5) is 12.3. The van der Waals surface area contributed by atoms with E-state index in [4.69, 9.17) is 0 Å². The Morgan fingerprint density at radius 1 is 1.18 bits per heavy atom. The average molecular weight is 362 g/mol. The van der Waals surface area contributed by atoms with Gasteiger partial charge >= 0.3 is 0 Å².